The lowest BCUT2D eigenvalue weighted by Crippen LogP contribution is -2.52. The first kappa shape index (κ1) is 12.7. The van der Waals surface area contributed by atoms with E-state index in [1.54, 1.807) is 0 Å². The average Bonchev–Trinajstić information content (AvgIpc) is 3.17. The van der Waals surface area contributed by atoms with Crippen LogP contribution >= 0.6 is 0 Å². The quantitative estimate of drug-likeness (QED) is 0.918. The molecule has 0 aliphatic heterocycles. The molecule has 1 N–H and O–H groups in total. The summed E-state index contributed by atoms with van der Waals surface area (Å²) in [5.74, 6) is 0.541. The van der Waals surface area contributed by atoms with Gasteiger partial charge < -0.3 is 10.0 Å². The second kappa shape index (κ2) is 4.37. The summed E-state index contributed by atoms with van der Waals surface area (Å²) in [6.45, 7) is 0. The van der Waals surface area contributed by atoms with E-state index in [2.05, 4.69) is 4.98 Å². The zero-order chi connectivity index (χ0) is 13.6. The van der Waals surface area contributed by atoms with Crippen LogP contribution in [0.2, 0.25) is 0 Å². The molecule has 104 valence electrons. The molecule has 1 aromatic rings. The Hall–Kier alpha value is -1.30. The van der Waals surface area contributed by atoms with Crippen molar-refractivity contribution >= 4 is 5.82 Å². The number of aromatic nitrogens is 1. The average molecular weight is 272 g/mol. The number of aliphatic hydroxyl groups is 1. The maximum absolute atomic E-state index is 12.5. The van der Waals surface area contributed by atoms with Crippen LogP contribution in [0.1, 0.15) is 31.2 Å². The fourth-order valence-corrected chi connectivity index (χ4v) is 2.48. The van der Waals surface area contributed by atoms with Crippen LogP contribution in [-0.4, -0.2) is 28.3 Å². The largest absolute Gasteiger partial charge is 0.417 e. The summed E-state index contributed by atoms with van der Waals surface area (Å²) >= 11 is 0. The molecule has 1 aromatic heterocycles. The van der Waals surface area contributed by atoms with Crippen molar-refractivity contribution in [3.63, 3.8) is 0 Å². The fourth-order valence-electron chi connectivity index (χ4n) is 2.48. The van der Waals surface area contributed by atoms with Crippen molar-refractivity contribution in [1.82, 2.24) is 4.98 Å². The van der Waals surface area contributed by atoms with Gasteiger partial charge in [-0.3, -0.25) is 0 Å². The van der Waals surface area contributed by atoms with Crippen LogP contribution in [0.3, 0.4) is 0 Å². The third-order valence-electron chi connectivity index (χ3n) is 3.84. The van der Waals surface area contributed by atoms with E-state index in [0.717, 1.165) is 37.9 Å². The van der Waals surface area contributed by atoms with E-state index < -0.39 is 11.7 Å². The predicted octanol–water partition coefficient (Wildman–Crippen LogP) is 2.59. The Morgan fingerprint density at radius 3 is 2.26 bits per heavy atom. The first-order valence-electron chi connectivity index (χ1n) is 6.46. The minimum absolute atomic E-state index is 0.0109. The number of rotatable bonds is 3. The highest BCUT2D eigenvalue weighted by Crippen LogP contribution is 2.39. The highest BCUT2D eigenvalue weighted by Gasteiger charge is 2.42. The summed E-state index contributed by atoms with van der Waals surface area (Å²) in [6.07, 6.45) is -0.196. The number of aliphatic hydroxyl groups excluding tert-OH is 1. The van der Waals surface area contributed by atoms with E-state index in [1.807, 2.05) is 4.90 Å². The zero-order valence-corrected chi connectivity index (χ0v) is 10.3. The highest BCUT2D eigenvalue weighted by molar-refractivity contribution is 5.45. The van der Waals surface area contributed by atoms with Gasteiger partial charge in [-0.05, 0) is 37.8 Å². The van der Waals surface area contributed by atoms with Crippen molar-refractivity contribution in [2.75, 3.05) is 4.90 Å². The number of pyridine rings is 1. The smallest absolute Gasteiger partial charge is 0.391 e. The lowest BCUT2D eigenvalue weighted by Gasteiger charge is -2.42. The summed E-state index contributed by atoms with van der Waals surface area (Å²) < 4.78 is 37.5. The molecule has 2 unspecified atom stereocenters. The van der Waals surface area contributed by atoms with Gasteiger partial charge in [0.2, 0.25) is 0 Å². The number of anilines is 1. The van der Waals surface area contributed by atoms with Crippen molar-refractivity contribution in [1.29, 1.82) is 0 Å². The number of alkyl halides is 3. The van der Waals surface area contributed by atoms with Gasteiger partial charge in [0.15, 0.2) is 0 Å². The molecule has 0 spiro atoms. The van der Waals surface area contributed by atoms with Gasteiger partial charge in [-0.1, -0.05) is 0 Å². The molecule has 0 saturated heterocycles. The molecule has 6 heteroatoms. The monoisotopic (exact) mass is 272 g/mol. The molecule has 0 bridgehead atoms. The summed E-state index contributed by atoms with van der Waals surface area (Å²) in [4.78, 5) is 5.93. The molecule has 19 heavy (non-hydrogen) atoms. The maximum Gasteiger partial charge on any atom is 0.417 e. The Bertz CT molecular complexity index is 456. The van der Waals surface area contributed by atoms with E-state index in [9.17, 15) is 18.3 Å². The summed E-state index contributed by atoms with van der Waals surface area (Å²) in [7, 11) is 0. The molecule has 2 fully saturated rings. The van der Waals surface area contributed by atoms with Gasteiger partial charge in [-0.25, -0.2) is 4.98 Å². The molecule has 2 aliphatic carbocycles. The summed E-state index contributed by atoms with van der Waals surface area (Å²) in [5, 5.41) is 9.75. The van der Waals surface area contributed by atoms with Crippen LogP contribution in [0.5, 0.6) is 0 Å². The molecule has 2 atom stereocenters. The van der Waals surface area contributed by atoms with E-state index in [0.29, 0.717) is 11.9 Å². The first-order chi connectivity index (χ1) is 8.97. The van der Waals surface area contributed by atoms with Gasteiger partial charge in [0, 0.05) is 12.2 Å². The van der Waals surface area contributed by atoms with Crippen molar-refractivity contribution in [2.24, 2.45) is 0 Å². The topological polar surface area (TPSA) is 36.4 Å². The molecular weight excluding hydrogens is 257 g/mol. The zero-order valence-electron chi connectivity index (χ0n) is 10.3. The van der Waals surface area contributed by atoms with Gasteiger partial charge in [-0.2, -0.15) is 13.2 Å². The Balaban J connectivity index is 1.83. The minimum Gasteiger partial charge on any atom is -0.391 e. The molecule has 2 saturated carbocycles. The van der Waals surface area contributed by atoms with Gasteiger partial charge >= 0.3 is 6.18 Å². The molecule has 0 aromatic carbocycles. The van der Waals surface area contributed by atoms with E-state index >= 15 is 0 Å². The van der Waals surface area contributed by atoms with Crippen LogP contribution in [0.4, 0.5) is 19.0 Å². The number of halogens is 3. The Morgan fingerprint density at radius 1 is 1.16 bits per heavy atom. The fraction of sp³-hybridized carbons (Fsp3) is 0.615. The molecule has 3 rings (SSSR count). The van der Waals surface area contributed by atoms with Crippen LogP contribution < -0.4 is 4.90 Å². The molecular formula is C13H15F3N2O. The standard InChI is InChI=1S/C13H15F3N2O/c14-13(15,16)8-1-6-12(17-7-8)18(9-2-3-9)10-4-5-11(10)19/h1,6-7,9-11,19H,2-5H2. The SMILES string of the molecule is OC1CCC1N(c1ccc(C(F)(F)F)cn1)C1CC1. The van der Waals surface area contributed by atoms with Crippen LogP contribution in [-0.2, 0) is 6.18 Å². The van der Waals surface area contributed by atoms with E-state index in [1.165, 1.54) is 6.07 Å². The summed E-state index contributed by atoms with van der Waals surface area (Å²) in [5.41, 5.74) is -0.735. The Morgan fingerprint density at radius 2 is 1.89 bits per heavy atom. The van der Waals surface area contributed by atoms with Crippen molar-refractivity contribution in [2.45, 2.75) is 50.0 Å². The molecule has 1 heterocycles. The van der Waals surface area contributed by atoms with Gasteiger partial charge in [0.25, 0.3) is 0 Å². The normalized spacial score (nSPS) is 26.9. The third-order valence-corrected chi connectivity index (χ3v) is 3.84. The number of hydrogen-bond acceptors (Lipinski definition) is 3. The first-order valence-corrected chi connectivity index (χ1v) is 6.46. The molecule has 0 amide bonds. The number of hydrogen-bond donors (Lipinski definition) is 1. The predicted molar refractivity (Wildman–Crippen MR) is 63.8 cm³/mol. The molecule has 3 nitrogen and oxygen atoms in total. The lowest BCUT2D eigenvalue weighted by molar-refractivity contribution is -0.137. The van der Waals surface area contributed by atoms with Crippen LogP contribution in [0.25, 0.3) is 0 Å². The maximum atomic E-state index is 12.5. The lowest BCUT2D eigenvalue weighted by atomic mass is 9.87. The molecule has 0 radical (unpaired) electrons. The van der Waals surface area contributed by atoms with Crippen molar-refractivity contribution < 1.29 is 18.3 Å². The van der Waals surface area contributed by atoms with Crippen LogP contribution in [0, 0.1) is 0 Å². The van der Waals surface area contributed by atoms with Gasteiger partial charge in [0.1, 0.15) is 5.82 Å². The second-order valence-electron chi connectivity index (χ2n) is 5.25. The minimum atomic E-state index is -4.36. The van der Waals surface area contributed by atoms with Crippen LogP contribution in [0.15, 0.2) is 18.3 Å². The second-order valence-corrected chi connectivity index (χ2v) is 5.25. The molecule has 2 aliphatic rings. The summed E-state index contributed by atoms with van der Waals surface area (Å²) in [6, 6.07) is 2.80. The van der Waals surface area contributed by atoms with E-state index in [-0.39, 0.29) is 12.1 Å². The van der Waals surface area contributed by atoms with Crippen molar-refractivity contribution in [3.05, 3.63) is 23.9 Å². The highest BCUT2D eigenvalue weighted by atomic mass is 19.4. The Kier molecular flexibility index (Phi) is 2.92. The Labute approximate surface area is 109 Å². The van der Waals surface area contributed by atoms with E-state index in [4.69, 9.17) is 0 Å². The number of nitrogens with zero attached hydrogens (tertiary/aromatic N) is 2. The van der Waals surface area contributed by atoms with Gasteiger partial charge in [-0.15, -0.1) is 0 Å². The third kappa shape index (κ3) is 2.41. The van der Waals surface area contributed by atoms with Gasteiger partial charge in [0.05, 0.1) is 17.7 Å². The van der Waals surface area contributed by atoms with Crippen molar-refractivity contribution in [3.8, 4) is 0 Å².